The Labute approximate surface area is 77.7 Å². The molecule has 76 valence electrons. The van der Waals surface area contributed by atoms with Crippen molar-refractivity contribution in [1.29, 1.82) is 0 Å². The largest absolute Gasteiger partial charge is 0.392 e. The van der Waals surface area contributed by atoms with Crippen molar-refractivity contribution in [3.05, 3.63) is 0 Å². The molecule has 1 fully saturated rings. The molecule has 0 aromatic carbocycles. The van der Waals surface area contributed by atoms with E-state index in [0.717, 1.165) is 12.8 Å². The number of nitrogens with two attached hydrogens (primary N) is 1. The molecule has 5 nitrogen and oxygen atoms in total. The van der Waals surface area contributed by atoms with E-state index in [4.69, 9.17) is 10.8 Å². The highest BCUT2D eigenvalue weighted by atomic mass is 16.3. The topological polar surface area (TPSA) is 87.4 Å². The molecule has 1 rings (SSSR count). The number of nitrogens with one attached hydrogen (secondary N) is 2. The van der Waals surface area contributed by atoms with Crippen LogP contribution < -0.4 is 16.4 Å². The number of carbonyl (C=O) groups is 1. The molecule has 0 bridgehead atoms. The van der Waals surface area contributed by atoms with Crippen molar-refractivity contribution in [2.45, 2.75) is 38.0 Å². The van der Waals surface area contributed by atoms with Gasteiger partial charge in [-0.1, -0.05) is 0 Å². The van der Waals surface area contributed by atoms with E-state index in [1.165, 1.54) is 0 Å². The Morgan fingerprint density at radius 1 is 1.69 bits per heavy atom. The van der Waals surface area contributed by atoms with Crippen molar-refractivity contribution < 1.29 is 9.90 Å². The van der Waals surface area contributed by atoms with E-state index in [1.807, 2.05) is 0 Å². The first-order valence-electron chi connectivity index (χ1n) is 4.57. The second-order valence-electron chi connectivity index (χ2n) is 3.53. The molecule has 1 saturated carbocycles. The molecule has 5 N–H and O–H groups in total. The Morgan fingerprint density at radius 2 is 2.31 bits per heavy atom. The van der Waals surface area contributed by atoms with Crippen LogP contribution in [0.3, 0.4) is 0 Å². The van der Waals surface area contributed by atoms with E-state index in [2.05, 4.69) is 10.6 Å². The van der Waals surface area contributed by atoms with E-state index in [-0.39, 0.29) is 6.03 Å². The van der Waals surface area contributed by atoms with Crippen molar-refractivity contribution in [3.63, 3.8) is 0 Å². The van der Waals surface area contributed by atoms with Crippen molar-refractivity contribution in [3.8, 4) is 0 Å². The molecule has 0 spiro atoms. The fourth-order valence-corrected chi connectivity index (χ4v) is 0.845. The molecule has 2 atom stereocenters. The minimum absolute atomic E-state index is 0.196. The summed E-state index contributed by atoms with van der Waals surface area (Å²) < 4.78 is 0. The van der Waals surface area contributed by atoms with Gasteiger partial charge in [-0.05, 0) is 19.8 Å². The Bertz CT molecular complexity index is 180. The maximum atomic E-state index is 11.1. The van der Waals surface area contributed by atoms with Crippen LogP contribution in [-0.2, 0) is 0 Å². The van der Waals surface area contributed by atoms with E-state index >= 15 is 0 Å². The highest BCUT2D eigenvalue weighted by Gasteiger charge is 2.23. The molecule has 0 aromatic heterocycles. The highest BCUT2D eigenvalue weighted by molar-refractivity contribution is 5.74. The van der Waals surface area contributed by atoms with Gasteiger partial charge in [0, 0.05) is 18.6 Å². The van der Waals surface area contributed by atoms with Crippen LogP contribution in [0.1, 0.15) is 19.8 Å². The van der Waals surface area contributed by atoms with Crippen LogP contribution in [0.4, 0.5) is 4.79 Å². The molecular formula is C8H17N3O2. The molecule has 5 heteroatoms. The molecule has 0 heterocycles. The Hall–Kier alpha value is -0.810. The average molecular weight is 187 g/mol. The first-order chi connectivity index (χ1) is 6.09. The van der Waals surface area contributed by atoms with Crippen molar-refractivity contribution >= 4 is 6.03 Å². The van der Waals surface area contributed by atoms with Gasteiger partial charge in [0.2, 0.25) is 0 Å². The summed E-state index contributed by atoms with van der Waals surface area (Å²) >= 11 is 0. The number of amides is 2. The van der Waals surface area contributed by atoms with Gasteiger partial charge >= 0.3 is 6.03 Å². The van der Waals surface area contributed by atoms with E-state index in [1.54, 1.807) is 6.92 Å². The SMILES string of the molecule is CC(O)C(N)CNC(=O)NC1CC1. The molecule has 1 aliphatic rings. The van der Waals surface area contributed by atoms with Gasteiger partial charge < -0.3 is 21.5 Å². The third-order valence-electron chi connectivity index (χ3n) is 2.03. The second kappa shape index (κ2) is 4.43. The van der Waals surface area contributed by atoms with Crippen LogP contribution >= 0.6 is 0 Å². The van der Waals surface area contributed by atoms with Crippen LogP contribution in [0, 0.1) is 0 Å². The Morgan fingerprint density at radius 3 is 2.77 bits per heavy atom. The predicted octanol–water partition coefficient (Wildman–Crippen LogP) is -0.844. The Balaban J connectivity index is 2.06. The standard InChI is InChI=1S/C8H17N3O2/c1-5(12)7(9)4-10-8(13)11-6-2-3-6/h5-7,12H,2-4,9H2,1H3,(H2,10,11,13). The molecular weight excluding hydrogens is 170 g/mol. The highest BCUT2D eigenvalue weighted by Crippen LogP contribution is 2.18. The summed E-state index contributed by atoms with van der Waals surface area (Å²) in [6.45, 7) is 1.90. The predicted molar refractivity (Wildman–Crippen MR) is 49.2 cm³/mol. The van der Waals surface area contributed by atoms with Gasteiger partial charge in [-0.15, -0.1) is 0 Å². The number of hydrogen-bond acceptors (Lipinski definition) is 3. The smallest absolute Gasteiger partial charge is 0.315 e. The van der Waals surface area contributed by atoms with Crippen LogP contribution in [0.25, 0.3) is 0 Å². The van der Waals surface area contributed by atoms with Gasteiger partial charge in [0.25, 0.3) is 0 Å². The lowest BCUT2D eigenvalue weighted by Crippen LogP contribution is -2.47. The zero-order chi connectivity index (χ0) is 9.84. The van der Waals surface area contributed by atoms with E-state index in [9.17, 15) is 4.79 Å². The summed E-state index contributed by atoms with van der Waals surface area (Å²) in [5, 5.41) is 14.4. The van der Waals surface area contributed by atoms with Gasteiger partial charge in [-0.3, -0.25) is 0 Å². The minimum Gasteiger partial charge on any atom is -0.392 e. The van der Waals surface area contributed by atoms with Crippen molar-refractivity contribution in [1.82, 2.24) is 10.6 Å². The fraction of sp³-hybridized carbons (Fsp3) is 0.875. The van der Waals surface area contributed by atoms with Gasteiger partial charge in [-0.25, -0.2) is 4.79 Å². The van der Waals surface area contributed by atoms with Crippen LogP contribution in [-0.4, -0.2) is 35.9 Å². The van der Waals surface area contributed by atoms with Crippen LogP contribution in [0.5, 0.6) is 0 Å². The van der Waals surface area contributed by atoms with Crippen LogP contribution in [0.15, 0.2) is 0 Å². The Kier molecular flexibility index (Phi) is 3.50. The molecule has 13 heavy (non-hydrogen) atoms. The zero-order valence-electron chi connectivity index (χ0n) is 7.79. The number of aliphatic hydroxyl groups excluding tert-OH is 1. The average Bonchev–Trinajstić information content (AvgIpc) is 2.83. The number of rotatable bonds is 4. The minimum atomic E-state index is -0.596. The maximum absolute atomic E-state index is 11.1. The van der Waals surface area contributed by atoms with Gasteiger partial charge in [-0.2, -0.15) is 0 Å². The summed E-state index contributed by atoms with van der Waals surface area (Å²) in [4.78, 5) is 11.1. The maximum Gasteiger partial charge on any atom is 0.315 e. The van der Waals surface area contributed by atoms with Crippen LogP contribution in [0.2, 0.25) is 0 Å². The summed E-state index contributed by atoms with van der Waals surface area (Å²) in [5.74, 6) is 0. The number of aliphatic hydroxyl groups is 1. The third-order valence-corrected chi connectivity index (χ3v) is 2.03. The molecule has 2 unspecified atom stereocenters. The van der Waals surface area contributed by atoms with Crippen molar-refractivity contribution in [2.24, 2.45) is 5.73 Å². The van der Waals surface area contributed by atoms with Gasteiger partial charge in [0.05, 0.1) is 6.10 Å². The quantitative estimate of drug-likeness (QED) is 0.462. The summed E-state index contributed by atoms with van der Waals surface area (Å²) in [6.07, 6.45) is 1.53. The summed E-state index contributed by atoms with van der Waals surface area (Å²) in [7, 11) is 0. The summed E-state index contributed by atoms with van der Waals surface area (Å²) in [6, 6.07) is -0.244. The molecule has 0 saturated heterocycles. The molecule has 0 aliphatic heterocycles. The molecule has 0 radical (unpaired) electrons. The second-order valence-corrected chi connectivity index (χ2v) is 3.53. The van der Waals surface area contributed by atoms with E-state index < -0.39 is 12.1 Å². The first-order valence-corrected chi connectivity index (χ1v) is 4.57. The molecule has 1 aliphatic carbocycles. The number of urea groups is 1. The normalized spacial score (nSPS) is 20.5. The van der Waals surface area contributed by atoms with E-state index in [0.29, 0.717) is 12.6 Å². The zero-order valence-corrected chi connectivity index (χ0v) is 7.79. The third kappa shape index (κ3) is 4.10. The number of carbonyl (C=O) groups excluding carboxylic acids is 1. The monoisotopic (exact) mass is 187 g/mol. The fourth-order valence-electron chi connectivity index (χ4n) is 0.845. The lowest BCUT2D eigenvalue weighted by Gasteiger charge is -2.15. The van der Waals surface area contributed by atoms with Gasteiger partial charge in [0.1, 0.15) is 0 Å². The van der Waals surface area contributed by atoms with Gasteiger partial charge in [0.15, 0.2) is 0 Å². The molecule has 2 amide bonds. The van der Waals surface area contributed by atoms with Crippen molar-refractivity contribution in [2.75, 3.05) is 6.54 Å². The molecule has 0 aromatic rings. The first kappa shape index (κ1) is 10.3. The number of hydrogen-bond donors (Lipinski definition) is 4. The summed E-state index contributed by atoms with van der Waals surface area (Å²) in [5.41, 5.74) is 5.52. The lowest BCUT2D eigenvalue weighted by molar-refractivity contribution is 0.162. The lowest BCUT2D eigenvalue weighted by atomic mass is 10.2.